The summed E-state index contributed by atoms with van der Waals surface area (Å²) in [4.78, 5) is 15.7. The number of nitro benzene ring substituents is 1. The fourth-order valence-corrected chi connectivity index (χ4v) is 4.34. The first-order valence-electron chi connectivity index (χ1n) is 12.0. The fourth-order valence-electron chi connectivity index (χ4n) is 4.34. The van der Waals surface area contributed by atoms with Crippen molar-refractivity contribution in [2.45, 2.75) is 109 Å². The Hall–Kier alpha value is -0.447. The van der Waals surface area contributed by atoms with Gasteiger partial charge in [0.25, 0.3) is 5.69 Å². The molecule has 0 amide bonds. The first-order chi connectivity index (χ1) is 15.5. The molecule has 1 aliphatic carbocycles. The van der Waals surface area contributed by atoms with Crippen LogP contribution in [0.25, 0.3) is 0 Å². The second kappa shape index (κ2) is 18.0. The number of phenols is 1. The van der Waals surface area contributed by atoms with E-state index in [0.717, 1.165) is 44.1 Å². The van der Waals surface area contributed by atoms with Gasteiger partial charge in [0, 0.05) is 35.5 Å². The van der Waals surface area contributed by atoms with Gasteiger partial charge in [-0.15, -0.1) is 0 Å². The van der Waals surface area contributed by atoms with E-state index in [1.165, 1.54) is 51.0 Å². The summed E-state index contributed by atoms with van der Waals surface area (Å²) in [5.41, 5.74) is 1.27. The number of halogens is 2. The van der Waals surface area contributed by atoms with Crippen LogP contribution in [-0.2, 0) is 20.8 Å². The monoisotopic (exact) mass is 562 g/mol. The number of hydrogen-bond donors (Lipinski definition) is 1. The molecule has 1 fully saturated rings. The molecule has 0 aromatic heterocycles. The van der Waals surface area contributed by atoms with E-state index in [9.17, 15) is 15.2 Å². The van der Waals surface area contributed by atoms with E-state index in [0.29, 0.717) is 5.56 Å². The van der Waals surface area contributed by atoms with Gasteiger partial charge in [-0.25, -0.2) is 0 Å². The second-order valence-corrected chi connectivity index (χ2v) is 12.2. The molecule has 8 heteroatoms. The standard InChI is InChI=1S/C24H38N2O3.2ClH.Zr/c1-3-21(4-2)25-18-20-16-22(26(28)29)17-23(24(20)27)19-14-12-10-8-6-5-7-9-11-13-15-19;;;/h16-19,21,27H,3-15H2,1-2H3;2*1H;/q;;;+2/p-2. The Bertz CT molecular complexity index is 688. The molecule has 1 saturated carbocycles. The fraction of sp³-hybridized carbons (Fsp3) is 0.708. The number of aliphatic imine (C=N–C) groups is 1. The van der Waals surface area contributed by atoms with E-state index in [1.807, 2.05) is 0 Å². The predicted octanol–water partition coefficient (Wildman–Crippen LogP) is 8.67. The molecule has 2 rings (SSSR count). The van der Waals surface area contributed by atoms with Crippen molar-refractivity contribution < 1.29 is 30.9 Å². The van der Waals surface area contributed by atoms with Crippen molar-refractivity contribution in [3.63, 3.8) is 0 Å². The minimum atomic E-state index is -0.826. The number of phenolic OH excluding ortho intramolecular Hbond substituents is 1. The van der Waals surface area contributed by atoms with Crippen LogP contribution in [0.5, 0.6) is 5.75 Å². The van der Waals surface area contributed by atoms with Gasteiger partial charge in [-0.3, -0.25) is 15.1 Å². The number of hydrogen-bond acceptors (Lipinski definition) is 4. The Morgan fingerprint density at radius 1 is 1.06 bits per heavy atom. The number of benzene rings is 1. The average molecular weight is 565 g/mol. The molecule has 5 nitrogen and oxygen atoms in total. The third-order valence-corrected chi connectivity index (χ3v) is 6.28. The topological polar surface area (TPSA) is 75.7 Å². The van der Waals surface area contributed by atoms with Gasteiger partial charge < -0.3 is 5.11 Å². The molecule has 0 heterocycles. The van der Waals surface area contributed by atoms with Crippen molar-refractivity contribution in [2.75, 3.05) is 0 Å². The predicted molar refractivity (Wildman–Crippen MR) is 132 cm³/mol. The quantitative estimate of drug-likeness (QED) is 0.213. The van der Waals surface area contributed by atoms with Gasteiger partial charge in [0.05, 0.1) is 4.92 Å². The van der Waals surface area contributed by atoms with Crippen molar-refractivity contribution in [3.05, 3.63) is 33.4 Å². The summed E-state index contributed by atoms with van der Waals surface area (Å²) < 4.78 is 0. The van der Waals surface area contributed by atoms with Crippen molar-refractivity contribution in [2.24, 2.45) is 4.99 Å². The molecule has 1 aliphatic rings. The normalized spacial score (nSPS) is 16.7. The maximum atomic E-state index is 11.5. The second-order valence-electron chi connectivity index (χ2n) is 8.51. The van der Waals surface area contributed by atoms with Crippen LogP contribution in [0.4, 0.5) is 5.69 Å². The van der Waals surface area contributed by atoms with Crippen LogP contribution in [0.3, 0.4) is 0 Å². The van der Waals surface area contributed by atoms with Crippen molar-refractivity contribution in [3.8, 4) is 5.75 Å². The number of rotatable bonds is 6. The van der Waals surface area contributed by atoms with E-state index >= 15 is 0 Å². The molecule has 0 radical (unpaired) electrons. The zero-order chi connectivity index (χ0) is 23.8. The van der Waals surface area contributed by atoms with E-state index < -0.39 is 20.8 Å². The molecule has 0 aliphatic heterocycles. The molecule has 1 aromatic rings. The summed E-state index contributed by atoms with van der Waals surface area (Å²) in [5.74, 6) is 0.358. The molecule has 0 saturated heterocycles. The van der Waals surface area contributed by atoms with E-state index in [1.54, 1.807) is 12.3 Å². The maximum absolute atomic E-state index is 11.5. The molecule has 0 unspecified atom stereocenters. The number of aromatic hydroxyl groups is 1. The molecule has 180 valence electrons. The van der Waals surface area contributed by atoms with Crippen LogP contribution in [0.1, 0.15) is 114 Å². The van der Waals surface area contributed by atoms with Gasteiger partial charge >= 0.3 is 37.9 Å². The summed E-state index contributed by atoms with van der Waals surface area (Å²) >= 11 is -0.826. The third-order valence-electron chi connectivity index (χ3n) is 6.28. The molecular weight excluding hydrogens is 526 g/mol. The van der Waals surface area contributed by atoms with Gasteiger partial charge in [-0.05, 0) is 31.6 Å². The summed E-state index contributed by atoms with van der Waals surface area (Å²) in [5, 5.41) is 22.5. The van der Waals surface area contributed by atoms with Crippen LogP contribution in [-0.4, -0.2) is 22.3 Å². The summed E-state index contributed by atoms with van der Waals surface area (Å²) in [6.45, 7) is 4.16. The first-order valence-corrected chi connectivity index (χ1v) is 18.3. The number of non-ortho nitro benzene ring substituents is 1. The number of nitrogens with zero attached hydrogens (tertiary/aromatic N) is 2. The van der Waals surface area contributed by atoms with Crippen LogP contribution >= 0.6 is 17.0 Å². The Kier molecular flexibility index (Phi) is 16.6. The molecule has 32 heavy (non-hydrogen) atoms. The Balaban J connectivity index is 0.00000161. The van der Waals surface area contributed by atoms with Crippen LogP contribution in [0.15, 0.2) is 17.1 Å². The van der Waals surface area contributed by atoms with Crippen molar-refractivity contribution >= 4 is 28.9 Å². The molecule has 1 N–H and O–H groups in total. The summed E-state index contributed by atoms with van der Waals surface area (Å²) in [6.07, 6.45) is 16.6. The van der Waals surface area contributed by atoms with E-state index in [2.05, 4.69) is 18.8 Å². The SMILES string of the molecule is CCC(CC)N=Cc1cc([N+](=O)[O-])cc(C2CCCCCCCCCCC2)c1O.[Cl][Zr][Cl]. The van der Waals surface area contributed by atoms with Crippen LogP contribution in [0, 0.1) is 10.1 Å². The molecule has 0 spiro atoms. The molecule has 0 atom stereocenters. The van der Waals surface area contributed by atoms with E-state index in [4.69, 9.17) is 17.0 Å². The minimum absolute atomic E-state index is 0.0508. The van der Waals surface area contributed by atoms with Gasteiger partial charge in [-0.2, -0.15) is 0 Å². The summed E-state index contributed by atoms with van der Waals surface area (Å²) in [7, 11) is 9.87. The average Bonchev–Trinajstić information content (AvgIpc) is 2.76. The Labute approximate surface area is 212 Å². The van der Waals surface area contributed by atoms with Gasteiger partial charge in [0.1, 0.15) is 5.75 Å². The van der Waals surface area contributed by atoms with Gasteiger partial charge in [0.15, 0.2) is 0 Å². The van der Waals surface area contributed by atoms with Crippen molar-refractivity contribution in [1.29, 1.82) is 0 Å². The number of nitro groups is 1. The van der Waals surface area contributed by atoms with Crippen LogP contribution in [0.2, 0.25) is 0 Å². The molecule has 0 bridgehead atoms. The Morgan fingerprint density at radius 2 is 1.53 bits per heavy atom. The van der Waals surface area contributed by atoms with Gasteiger partial charge in [-0.1, -0.05) is 71.6 Å². The zero-order valence-corrected chi connectivity index (χ0v) is 23.5. The van der Waals surface area contributed by atoms with E-state index in [-0.39, 0.29) is 28.3 Å². The zero-order valence-electron chi connectivity index (χ0n) is 19.5. The molecule has 1 aromatic carbocycles. The third kappa shape index (κ3) is 11.1. The molecular formula is C24H38Cl2N2O3Zr. The van der Waals surface area contributed by atoms with Crippen molar-refractivity contribution in [1.82, 2.24) is 0 Å². The van der Waals surface area contributed by atoms with Crippen LogP contribution < -0.4 is 0 Å². The van der Waals surface area contributed by atoms with Gasteiger partial charge in [0.2, 0.25) is 0 Å². The summed E-state index contributed by atoms with van der Waals surface area (Å²) in [6, 6.07) is 3.24. The first kappa shape index (κ1) is 29.6. The Morgan fingerprint density at radius 3 is 1.97 bits per heavy atom.